The maximum atomic E-state index is 5.74. The third kappa shape index (κ3) is 2.91. The predicted octanol–water partition coefficient (Wildman–Crippen LogP) is 5.40. The van der Waals surface area contributed by atoms with Crippen molar-refractivity contribution in [1.29, 1.82) is 0 Å². The third-order valence-electron chi connectivity index (χ3n) is 4.55. The summed E-state index contributed by atoms with van der Waals surface area (Å²) in [4.78, 5) is 4.48. The van der Waals surface area contributed by atoms with E-state index in [-0.39, 0.29) is 0 Å². The second-order valence-corrected chi connectivity index (χ2v) is 12.2. The Morgan fingerprint density at radius 1 is 0.952 bits per heavy atom. The maximum Gasteiger partial charge on any atom is 0.273 e. The van der Waals surface area contributed by atoms with Crippen LogP contribution in [0.2, 0.25) is 16.6 Å². The SMILES string of the molecule is CC(C)[Si](C#Cc1nc2ccccc2o1)(C(C)C)C(C)C. The molecular weight excluding hydrogens is 274 g/mol. The van der Waals surface area contributed by atoms with Crippen LogP contribution in [-0.2, 0) is 0 Å². The highest BCUT2D eigenvalue weighted by molar-refractivity contribution is 6.90. The van der Waals surface area contributed by atoms with Gasteiger partial charge in [-0.25, -0.2) is 4.98 Å². The fourth-order valence-corrected chi connectivity index (χ4v) is 8.71. The highest BCUT2D eigenvalue weighted by Crippen LogP contribution is 2.40. The first-order valence-corrected chi connectivity index (χ1v) is 9.99. The summed E-state index contributed by atoms with van der Waals surface area (Å²) in [5.41, 5.74) is 7.20. The summed E-state index contributed by atoms with van der Waals surface area (Å²) in [5, 5.41) is 0. The van der Waals surface area contributed by atoms with E-state index in [0.717, 1.165) is 11.1 Å². The Hall–Kier alpha value is -1.53. The number of para-hydroxylation sites is 2. The number of fused-ring (bicyclic) bond motifs is 1. The number of oxazole rings is 1. The van der Waals surface area contributed by atoms with Crippen LogP contribution < -0.4 is 0 Å². The molecule has 0 radical (unpaired) electrons. The molecule has 3 heteroatoms. The van der Waals surface area contributed by atoms with Crippen molar-refractivity contribution in [3.05, 3.63) is 30.2 Å². The van der Waals surface area contributed by atoms with E-state index < -0.39 is 8.07 Å². The Kier molecular flexibility index (Phi) is 4.58. The zero-order chi connectivity index (χ0) is 15.6. The third-order valence-corrected chi connectivity index (χ3v) is 10.8. The van der Waals surface area contributed by atoms with Crippen molar-refractivity contribution in [2.45, 2.75) is 58.2 Å². The molecule has 21 heavy (non-hydrogen) atoms. The van der Waals surface area contributed by atoms with Crippen molar-refractivity contribution >= 4 is 19.2 Å². The van der Waals surface area contributed by atoms with Crippen LogP contribution in [0, 0.1) is 11.5 Å². The molecular formula is C18H25NOSi. The largest absolute Gasteiger partial charge is 0.430 e. The van der Waals surface area contributed by atoms with Gasteiger partial charge in [-0.05, 0) is 34.7 Å². The van der Waals surface area contributed by atoms with Crippen LogP contribution in [0.3, 0.4) is 0 Å². The van der Waals surface area contributed by atoms with Crippen LogP contribution in [0.4, 0.5) is 0 Å². The minimum absolute atomic E-state index is 0.551. The fraction of sp³-hybridized carbons (Fsp3) is 0.500. The maximum absolute atomic E-state index is 5.74. The molecule has 0 aliphatic heterocycles. The average Bonchev–Trinajstić information content (AvgIpc) is 2.80. The lowest BCUT2D eigenvalue weighted by Crippen LogP contribution is -2.43. The molecule has 0 spiro atoms. The molecule has 1 aromatic heterocycles. The number of hydrogen-bond acceptors (Lipinski definition) is 2. The normalized spacial score (nSPS) is 12.2. The van der Waals surface area contributed by atoms with Gasteiger partial charge in [-0.2, -0.15) is 0 Å². The van der Waals surface area contributed by atoms with E-state index in [1.807, 2.05) is 24.3 Å². The summed E-state index contributed by atoms with van der Waals surface area (Å²) in [6.45, 7) is 13.9. The second kappa shape index (κ2) is 6.07. The smallest absolute Gasteiger partial charge is 0.273 e. The van der Waals surface area contributed by atoms with Crippen molar-refractivity contribution in [2.24, 2.45) is 0 Å². The number of hydrogen-bond donors (Lipinski definition) is 0. The minimum Gasteiger partial charge on any atom is -0.430 e. The molecule has 2 aromatic rings. The molecule has 0 bridgehead atoms. The Morgan fingerprint density at radius 3 is 2.05 bits per heavy atom. The Labute approximate surface area is 129 Å². The molecule has 0 saturated heterocycles. The molecule has 2 nitrogen and oxygen atoms in total. The lowest BCUT2D eigenvalue weighted by molar-refractivity contribution is 0.586. The summed E-state index contributed by atoms with van der Waals surface area (Å²) in [7, 11) is -1.72. The Morgan fingerprint density at radius 2 is 1.52 bits per heavy atom. The molecule has 0 amide bonds. The van der Waals surface area contributed by atoms with E-state index in [0.29, 0.717) is 22.5 Å². The molecule has 0 saturated carbocycles. The van der Waals surface area contributed by atoms with Crippen molar-refractivity contribution in [1.82, 2.24) is 4.98 Å². The first kappa shape index (κ1) is 15.8. The van der Waals surface area contributed by atoms with Crippen molar-refractivity contribution in [3.8, 4) is 11.5 Å². The van der Waals surface area contributed by atoms with Crippen molar-refractivity contribution < 1.29 is 4.42 Å². The summed E-state index contributed by atoms with van der Waals surface area (Å²) >= 11 is 0. The van der Waals surface area contributed by atoms with E-state index in [9.17, 15) is 0 Å². The van der Waals surface area contributed by atoms with Gasteiger partial charge in [0.2, 0.25) is 0 Å². The van der Waals surface area contributed by atoms with Crippen molar-refractivity contribution in [2.75, 3.05) is 0 Å². The van der Waals surface area contributed by atoms with Crippen LogP contribution in [0.1, 0.15) is 47.4 Å². The highest BCUT2D eigenvalue weighted by Gasteiger charge is 2.41. The molecule has 0 atom stereocenters. The fourth-order valence-electron chi connectivity index (χ4n) is 3.52. The second-order valence-electron chi connectivity index (χ2n) is 6.63. The van der Waals surface area contributed by atoms with Crippen LogP contribution in [0.15, 0.2) is 28.7 Å². The zero-order valence-electron chi connectivity index (χ0n) is 13.9. The predicted molar refractivity (Wildman–Crippen MR) is 91.9 cm³/mol. The van der Waals surface area contributed by atoms with Gasteiger partial charge in [0, 0.05) is 0 Å². The first-order valence-electron chi connectivity index (χ1n) is 7.76. The minimum atomic E-state index is -1.72. The quantitative estimate of drug-likeness (QED) is 0.560. The molecule has 0 aliphatic carbocycles. The molecule has 0 aliphatic rings. The molecule has 0 N–H and O–H groups in total. The molecule has 0 unspecified atom stereocenters. The Balaban J connectivity index is 2.46. The monoisotopic (exact) mass is 299 g/mol. The van der Waals surface area contributed by atoms with Gasteiger partial charge in [0.15, 0.2) is 5.58 Å². The average molecular weight is 299 g/mol. The van der Waals surface area contributed by atoms with Gasteiger partial charge in [0.1, 0.15) is 13.6 Å². The van der Waals surface area contributed by atoms with Crippen LogP contribution in [0.5, 0.6) is 0 Å². The topological polar surface area (TPSA) is 26.0 Å². The lowest BCUT2D eigenvalue weighted by atomic mass is 10.3. The Bertz CT molecular complexity index is 618. The van der Waals surface area contributed by atoms with Gasteiger partial charge in [-0.1, -0.05) is 53.7 Å². The summed E-state index contributed by atoms with van der Waals surface area (Å²) in [6, 6.07) is 7.82. The summed E-state index contributed by atoms with van der Waals surface area (Å²) < 4.78 is 5.74. The van der Waals surface area contributed by atoms with Crippen LogP contribution >= 0.6 is 0 Å². The summed E-state index contributed by atoms with van der Waals surface area (Å²) in [5.74, 6) is 3.80. The van der Waals surface area contributed by atoms with Crippen LogP contribution in [0.25, 0.3) is 11.1 Å². The van der Waals surface area contributed by atoms with Gasteiger partial charge in [-0.15, -0.1) is 5.54 Å². The van der Waals surface area contributed by atoms with E-state index >= 15 is 0 Å². The van der Waals surface area contributed by atoms with Gasteiger partial charge in [0.05, 0.1) is 0 Å². The highest BCUT2D eigenvalue weighted by atomic mass is 28.3. The van der Waals surface area contributed by atoms with E-state index in [1.54, 1.807) is 0 Å². The standard InChI is InChI=1S/C18H25NOSi/c1-13(2)21(14(3)4,15(5)6)12-11-18-19-16-9-7-8-10-17(16)20-18/h7-10,13-15H,1-6H3. The molecule has 1 heterocycles. The van der Waals surface area contributed by atoms with E-state index in [2.05, 4.69) is 58.0 Å². The van der Waals surface area contributed by atoms with E-state index in [4.69, 9.17) is 4.42 Å². The number of aromatic nitrogens is 1. The van der Waals surface area contributed by atoms with Gasteiger partial charge in [-0.3, -0.25) is 0 Å². The lowest BCUT2D eigenvalue weighted by Gasteiger charge is -2.37. The number of benzene rings is 1. The van der Waals surface area contributed by atoms with Gasteiger partial charge < -0.3 is 4.42 Å². The first-order chi connectivity index (χ1) is 9.87. The van der Waals surface area contributed by atoms with Crippen molar-refractivity contribution in [3.63, 3.8) is 0 Å². The molecule has 1 aromatic carbocycles. The number of rotatable bonds is 3. The molecule has 2 rings (SSSR count). The number of nitrogens with zero attached hydrogens (tertiary/aromatic N) is 1. The summed E-state index contributed by atoms with van der Waals surface area (Å²) in [6.07, 6.45) is 0. The van der Waals surface area contributed by atoms with Gasteiger partial charge >= 0.3 is 0 Å². The van der Waals surface area contributed by atoms with Gasteiger partial charge in [0.25, 0.3) is 5.89 Å². The molecule has 112 valence electrons. The zero-order valence-corrected chi connectivity index (χ0v) is 14.9. The van der Waals surface area contributed by atoms with E-state index in [1.165, 1.54) is 0 Å². The molecule has 0 fully saturated rings. The van der Waals surface area contributed by atoms with Crippen LogP contribution in [-0.4, -0.2) is 13.1 Å².